The fourth-order valence-electron chi connectivity index (χ4n) is 3.80. The van der Waals surface area contributed by atoms with Crippen molar-refractivity contribution in [2.24, 2.45) is 0 Å². The van der Waals surface area contributed by atoms with Gasteiger partial charge in [0.1, 0.15) is 10.0 Å². The Labute approximate surface area is 194 Å². The van der Waals surface area contributed by atoms with Gasteiger partial charge < -0.3 is 10.6 Å². The number of piperazine rings is 1. The molecule has 0 atom stereocenters. The van der Waals surface area contributed by atoms with Gasteiger partial charge in [-0.3, -0.25) is 4.79 Å². The van der Waals surface area contributed by atoms with E-state index in [1.807, 2.05) is 24.3 Å². The number of hydrogen-bond donors (Lipinski definition) is 1. The average molecular weight is 487 g/mol. The number of halogens is 1. The minimum absolute atomic E-state index is 0.178. The summed E-state index contributed by atoms with van der Waals surface area (Å²) in [7, 11) is -3.76. The van der Waals surface area contributed by atoms with Gasteiger partial charge in [-0.1, -0.05) is 23.7 Å². The number of thiophene rings is 1. The molecule has 0 saturated carbocycles. The molecule has 3 heterocycles. The molecule has 164 valence electrons. The number of amides is 1. The van der Waals surface area contributed by atoms with Crippen LogP contribution in [0, 0.1) is 0 Å². The van der Waals surface area contributed by atoms with Gasteiger partial charge in [-0.15, -0.1) is 11.3 Å². The molecule has 5 rings (SSSR count). The van der Waals surface area contributed by atoms with Crippen molar-refractivity contribution in [3.05, 3.63) is 65.2 Å². The summed E-state index contributed by atoms with van der Waals surface area (Å²) in [5.41, 5.74) is 7.47. The third kappa shape index (κ3) is 3.93. The molecular formula is C22H19ClN4O3S2. The molecule has 10 heteroatoms. The van der Waals surface area contributed by atoms with E-state index in [2.05, 4.69) is 4.98 Å². The van der Waals surface area contributed by atoms with Gasteiger partial charge in [0.05, 0.1) is 12.1 Å². The quantitative estimate of drug-likeness (QED) is 0.474. The van der Waals surface area contributed by atoms with Gasteiger partial charge in [-0.05, 0) is 53.4 Å². The van der Waals surface area contributed by atoms with Crippen molar-refractivity contribution in [2.45, 2.75) is 10.8 Å². The van der Waals surface area contributed by atoms with Crippen LogP contribution in [0.15, 0.2) is 58.8 Å². The Morgan fingerprint density at radius 1 is 1.03 bits per heavy atom. The molecule has 0 radical (unpaired) electrons. The van der Waals surface area contributed by atoms with Crippen LogP contribution in [-0.4, -0.2) is 48.1 Å². The molecule has 2 N–H and O–H groups in total. The van der Waals surface area contributed by atoms with Crippen molar-refractivity contribution in [3.8, 4) is 0 Å². The topological polar surface area (TPSA) is 96.6 Å². The summed E-state index contributed by atoms with van der Waals surface area (Å²) in [6, 6.07) is 16.3. The molecule has 2 aromatic heterocycles. The number of hydrogen-bond acceptors (Lipinski definition) is 6. The molecule has 1 saturated heterocycles. The van der Waals surface area contributed by atoms with E-state index in [1.165, 1.54) is 4.31 Å². The van der Waals surface area contributed by atoms with Crippen molar-refractivity contribution in [1.82, 2.24) is 14.2 Å². The summed E-state index contributed by atoms with van der Waals surface area (Å²) >= 11 is 7.18. The first-order valence-corrected chi connectivity index (χ1v) is 12.6. The highest BCUT2D eigenvalue weighted by Crippen LogP contribution is 2.33. The zero-order valence-electron chi connectivity index (χ0n) is 16.9. The Kier molecular flexibility index (Phi) is 5.29. The maximum atomic E-state index is 13.1. The fraction of sp³-hybridized carbons (Fsp3) is 0.182. The number of nitrogen functional groups attached to an aromatic ring is 1. The first kappa shape index (κ1) is 21.1. The number of benzene rings is 2. The first-order valence-electron chi connectivity index (χ1n) is 9.92. The van der Waals surface area contributed by atoms with Gasteiger partial charge in [0.15, 0.2) is 0 Å². The standard InChI is InChI=1S/C22H19ClN4O3S2/c23-17-4-2-16-10-22(31-19(16)11-17)32(29,30)27-8-7-26(21(28)13-27)12-14-1-5-18-15(9-14)3-6-20(24)25-18/h1-6,9-11H,7-8,12-13H2,(H2,24,25). The van der Waals surface area contributed by atoms with E-state index < -0.39 is 10.0 Å². The van der Waals surface area contributed by atoms with Gasteiger partial charge >= 0.3 is 0 Å². The summed E-state index contributed by atoms with van der Waals surface area (Å²) < 4.78 is 28.6. The normalized spacial score (nSPS) is 15.7. The number of pyridine rings is 1. The highest BCUT2D eigenvalue weighted by atomic mass is 35.5. The van der Waals surface area contributed by atoms with Crippen LogP contribution >= 0.6 is 22.9 Å². The maximum Gasteiger partial charge on any atom is 0.253 e. The van der Waals surface area contributed by atoms with Gasteiger partial charge in [0.2, 0.25) is 5.91 Å². The second-order valence-corrected chi connectivity index (χ2v) is 11.3. The lowest BCUT2D eigenvalue weighted by Gasteiger charge is -2.33. The van der Waals surface area contributed by atoms with Gasteiger partial charge in [0, 0.05) is 34.7 Å². The van der Waals surface area contributed by atoms with E-state index in [4.69, 9.17) is 17.3 Å². The maximum absolute atomic E-state index is 13.1. The summed E-state index contributed by atoms with van der Waals surface area (Å²) in [6.07, 6.45) is 0. The Morgan fingerprint density at radius 2 is 1.84 bits per heavy atom. The monoisotopic (exact) mass is 486 g/mol. The molecule has 0 aliphatic carbocycles. The Bertz CT molecular complexity index is 1470. The van der Waals surface area contributed by atoms with E-state index in [-0.39, 0.29) is 23.2 Å². The van der Waals surface area contributed by atoms with Crippen LogP contribution in [0.3, 0.4) is 0 Å². The van der Waals surface area contributed by atoms with Gasteiger partial charge in [-0.2, -0.15) is 4.31 Å². The molecule has 0 unspecified atom stereocenters. The number of rotatable bonds is 4. The van der Waals surface area contributed by atoms with Crippen LogP contribution in [0.4, 0.5) is 5.82 Å². The second kappa shape index (κ2) is 8.00. The third-order valence-electron chi connectivity index (χ3n) is 5.49. The Hall–Kier alpha value is -2.72. The van der Waals surface area contributed by atoms with Crippen LogP contribution < -0.4 is 5.73 Å². The van der Waals surface area contributed by atoms with Crippen molar-refractivity contribution in [3.63, 3.8) is 0 Å². The van der Waals surface area contributed by atoms with E-state index in [0.29, 0.717) is 23.9 Å². The molecule has 0 spiro atoms. The van der Waals surface area contributed by atoms with E-state index >= 15 is 0 Å². The van der Waals surface area contributed by atoms with Crippen LogP contribution in [0.5, 0.6) is 0 Å². The molecule has 4 aromatic rings. The lowest BCUT2D eigenvalue weighted by molar-refractivity contribution is -0.134. The summed E-state index contributed by atoms with van der Waals surface area (Å²) in [5.74, 6) is 0.235. The van der Waals surface area contributed by atoms with Crippen molar-refractivity contribution < 1.29 is 13.2 Å². The molecule has 7 nitrogen and oxygen atoms in total. The number of nitrogens with zero attached hydrogens (tertiary/aromatic N) is 3. The molecule has 1 aliphatic heterocycles. The largest absolute Gasteiger partial charge is 0.384 e. The van der Waals surface area contributed by atoms with Crippen LogP contribution in [0.1, 0.15) is 5.56 Å². The van der Waals surface area contributed by atoms with Crippen LogP contribution in [-0.2, 0) is 21.4 Å². The zero-order chi connectivity index (χ0) is 22.5. The lowest BCUT2D eigenvalue weighted by Crippen LogP contribution is -2.51. The smallest absolute Gasteiger partial charge is 0.253 e. The van der Waals surface area contributed by atoms with E-state index in [9.17, 15) is 13.2 Å². The average Bonchev–Trinajstić information content (AvgIpc) is 3.19. The van der Waals surface area contributed by atoms with Crippen molar-refractivity contribution >= 4 is 65.7 Å². The summed E-state index contributed by atoms with van der Waals surface area (Å²) in [6.45, 7) is 0.805. The first-order chi connectivity index (χ1) is 15.3. The minimum Gasteiger partial charge on any atom is -0.384 e. The highest BCUT2D eigenvalue weighted by Gasteiger charge is 2.33. The Balaban J connectivity index is 1.32. The molecule has 2 aromatic carbocycles. The van der Waals surface area contributed by atoms with E-state index in [0.717, 1.165) is 37.9 Å². The molecule has 0 bridgehead atoms. The van der Waals surface area contributed by atoms with Gasteiger partial charge in [-0.25, -0.2) is 13.4 Å². The Morgan fingerprint density at radius 3 is 2.66 bits per heavy atom. The zero-order valence-corrected chi connectivity index (χ0v) is 19.3. The van der Waals surface area contributed by atoms with Crippen molar-refractivity contribution in [2.75, 3.05) is 25.4 Å². The van der Waals surface area contributed by atoms with Crippen LogP contribution in [0.25, 0.3) is 21.0 Å². The third-order valence-corrected chi connectivity index (χ3v) is 9.11. The number of carbonyl (C=O) groups excluding carboxylic acids is 1. The predicted octanol–water partition coefficient (Wildman–Crippen LogP) is 3.72. The number of aromatic nitrogens is 1. The predicted molar refractivity (Wildman–Crippen MR) is 127 cm³/mol. The second-order valence-electron chi connectivity index (χ2n) is 7.66. The van der Waals surface area contributed by atoms with E-state index in [1.54, 1.807) is 35.2 Å². The van der Waals surface area contributed by atoms with Crippen LogP contribution in [0.2, 0.25) is 5.02 Å². The molecular weight excluding hydrogens is 468 g/mol. The molecule has 32 heavy (non-hydrogen) atoms. The molecule has 1 aliphatic rings. The molecule has 1 amide bonds. The highest BCUT2D eigenvalue weighted by molar-refractivity contribution is 7.91. The summed E-state index contributed by atoms with van der Waals surface area (Å²) in [4.78, 5) is 18.8. The fourth-order valence-corrected chi connectivity index (χ4v) is 7.01. The lowest BCUT2D eigenvalue weighted by atomic mass is 10.1. The number of sulfonamides is 1. The number of nitrogens with two attached hydrogens (primary N) is 1. The van der Waals surface area contributed by atoms with Gasteiger partial charge in [0.25, 0.3) is 10.0 Å². The number of fused-ring (bicyclic) bond motifs is 2. The summed E-state index contributed by atoms with van der Waals surface area (Å²) in [5, 5.41) is 2.31. The number of carbonyl (C=O) groups is 1. The molecule has 1 fully saturated rings. The van der Waals surface area contributed by atoms with Crippen molar-refractivity contribution in [1.29, 1.82) is 0 Å². The number of anilines is 1. The SMILES string of the molecule is Nc1ccc2cc(CN3CCN(S(=O)(=O)c4cc5ccc(Cl)cc5s4)CC3=O)ccc2n1. The minimum atomic E-state index is -3.76.